The van der Waals surface area contributed by atoms with Gasteiger partial charge in [-0.3, -0.25) is 0 Å². The van der Waals surface area contributed by atoms with Crippen molar-refractivity contribution in [2.75, 3.05) is 19.6 Å². The van der Waals surface area contributed by atoms with Crippen LogP contribution in [0.4, 0.5) is 0 Å². The normalized spacial score (nSPS) is 26.3. The van der Waals surface area contributed by atoms with Crippen LogP contribution >= 0.6 is 0 Å². The van der Waals surface area contributed by atoms with E-state index in [1.54, 1.807) is 0 Å². The molecule has 1 aliphatic heterocycles. The van der Waals surface area contributed by atoms with Gasteiger partial charge in [-0.15, -0.1) is 0 Å². The summed E-state index contributed by atoms with van der Waals surface area (Å²) in [6.45, 7) is 11.6. The molecule has 4 unspecified atom stereocenters. The lowest BCUT2D eigenvalue weighted by Gasteiger charge is -2.26. The van der Waals surface area contributed by atoms with Gasteiger partial charge in [-0.05, 0) is 46.1 Å². The summed E-state index contributed by atoms with van der Waals surface area (Å²) in [5.74, 6) is 0.635. The summed E-state index contributed by atoms with van der Waals surface area (Å²) < 4.78 is 0. The fraction of sp³-hybridized carbons (Fsp3) is 1.00. The van der Waals surface area contributed by atoms with E-state index in [2.05, 4.69) is 31.4 Å². The second-order valence-electron chi connectivity index (χ2n) is 5.51. The molecule has 0 bridgehead atoms. The first-order chi connectivity index (χ1) is 7.95. The zero-order chi connectivity index (χ0) is 13.3. The summed E-state index contributed by atoms with van der Waals surface area (Å²) in [4.78, 5) is 0. The Morgan fingerprint density at radius 1 is 1.06 bits per heavy atom. The minimum Gasteiger partial charge on any atom is -0.369 e. The molecule has 1 aliphatic rings. The SMILES string of the molecule is CC(N)CCC(C)CN.CC1CNC(C)CN1.[NH4+]. The molecule has 112 valence electrons. The van der Waals surface area contributed by atoms with E-state index >= 15 is 0 Å². The summed E-state index contributed by atoms with van der Waals surface area (Å²) >= 11 is 0. The van der Waals surface area contributed by atoms with Crippen LogP contribution in [0.2, 0.25) is 0 Å². The van der Waals surface area contributed by atoms with Crippen LogP contribution in [0.5, 0.6) is 0 Å². The first-order valence-electron chi connectivity index (χ1n) is 6.88. The minimum atomic E-state index is 0. The Bertz CT molecular complexity index is 157. The van der Waals surface area contributed by atoms with E-state index < -0.39 is 0 Å². The van der Waals surface area contributed by atoms with Crippen molar-refractivity contribution in [3.05, 3.63) is 0 Å². The third kappa shape index (κ3) is 12.3. The number of hydrogen-bond acceptors (Lipinski definition) is 4. The molecule has 0 aromatic heterocycles. The maximum atomic E-state index is 5.55. The van der Waals surface area contributed by atoms with Crippen molar-refractivity contribution in [2.24, 2.45) is 17.4 Å². The van der Waals surface area contributed by atoms with E-state index in [4.69, 9.17) is 11.5 Å². The predicted octanol–water partition coefficient (Wildman–Crippen LogP) is 1.04. The van der Waals surface area contributed by atoms with E-state index in [1.165, 1.54) is 0 Å². The Morgan fingerprint density at radius 2 is 1.50 bits per heavy atom. The highest BCUT2D eigenvalue weighted by atomic mass is 15.1. The van der Waals surface area contributed by atoms with Crippen LogP contribution < -0.4 is 28.3 Å². The van der Waals surface area contributed by atoms with Crippen LogP contribution in [0.25, 0.3) is 0 Å². The third-order valence-corrected chi connectivity index (χ3v) is 3.06. The molecule has 1 heterocycles. The van der Waals surface area contributed by atoms with Gasteiger partial charge >= 0.3 is 0 Å². The number of quaternary nitrogens is 1. The van der Waals surface area contributed by atoms with Gasteiger partial charge in [0, 0.05) is 31.2 Å². The zero-order valence-electron chi connectivity index (χ0n) is 13.0. The number of nitrogens with one attached hydrogen (secondary N) is 2. The average molecular weight is 262 g/mol. The highest BCUT2D eigenvalue weighted by Crippen LogP contribution is 2.04. The van der Waals surface area contributed by atoms with Gasteiger partial charge in [0.15, 0.2) is 0 Å². The first-order valence-corrected chi connectivity index (χ1v) is 6.88. The summed E-state index contributed by atoms with van der Waals surface area (Å²) in [6, 6.07) is 1.65. The number of nitrogens with two attached hydrogens (primary N) is 2. The molecule has 1 fully saturated rings. The van der Waals surface area contributed by atoms with Crippen molar-refractivity contribution in [1.29, 1.82) is 0 Å². The molecule has 0 saturated carbocycles. The van der Waals surface area contributed by atoms with Gasteiger partial charge in [-0.25, -0.2) is 0 Å². The molecular weight excluding hydrogens is 226 g/mol. The molecule has 0 aliphatic carbocycles. The van der Waals surface area contributed by atoms with E-state index in [0.29, 0.717) is 24.0 Å². The first kappa shape index (κ1) is 20.1. The quantitative estimate of drug-likeness (QED) is 0.521. The molecule has 0 radical (unpaired) electrons. The molecule has 0 aromatic carbocycles. The largest absolute Gasteiger partial charge is 0.369 e. The molecule has 10 N–H and O–H groups in total. The molecule has 18 heavy (non-hydrogen) atoms. The number of hydrogen-bond donors (Lipinski definition) is 5. The van der Waals surface area contributed by atoms with Crippen molar-refractivity contribution in [2.45, 2.75) is 58.7 Å². The van der Waals surface area contributed by atoms with Gasteiger partial charge in [0.2, 0.25) is 0 Å². The van der Waals surface area contributed by atoms with Crippen molar-refractivity contribution >= 4 is 0 Å². The van der Waals surface area contributed by atoms with Crippen LogP contribution in [0.1, 0.15) is 40.5 Å². The van der Waals surface area contributed by atoms with Crippen molar-refractivity contribution in [3.8, 4) is 0 Å². The minimum absolute atomic E-state index is 0. The van der Waals surface area contributed by atoms with Crippen LogP contribution in [0, 0.1) is 5.92 Å². The van der Waals surface area contributed by atoms with E-state index in [1.807, 2.05) is 6.92 Å². The Balaban J connectivity index is 0. The Hall–Kier alpha value is -0.200. The lowest BCUT2D eigenvalue weighted by Crippen LogP contribution is -2.51. The Labute approximate surface area is 113 Å². The lowest BCUT2D eigenvalue weighted by atomic mass is 10.0. The van der Waals surface area contributed by atoms with Crippen molar-refractivity contribution in [3.63, 3.8) is 0 Å². The third-order valence-electron chi connectivity index (χ3n) is 3.06. The number of piperazine rings is 1. The van der Waals surface area contributed by atoms with E-state index in [-0.39, 0.29) is 6.15 Å². The second-order valence-corrected chi connectivity index (χ2v) is 5.51. The van der Waals surface area contributed by atoms with Gasteiger partial charge in [0.05, 0.1) is 0 Å². The van der Waals surface area contributed by atoms with Crippen LogP contribution in [-0.4, -0.2) is 37.8 Å². The fourth-order valence-corrected chi connectivity index (χ4v) is 1.57. The molecule has 0 amide bonds. The number of rotatable bonds is 4. The van der Waals surface area contributed by atoms with Crippen LogP contribution in [-0.2, 0) is 0 Å². The predicted molar refractivity (Wildman–Crippen MR) is 82.0 cm³/mol. The summed E-state index contributed by atoms with van der Waals surface area (Å²) in [5.41, 5.74) is 11.0. The molecule has 1 saturated heterocycles. The fourth-order valence-electron chi connectivity index (χ4n) is 1.57. The standard InChI is InChI=1S/C7H18N2.C6H14N2.H3N/c1-6(5-8)3-4-7(2)9;1-5-3-8-6(2)4-7-5;/h6-7H,3-5,8-9H2,1-2H3;5-8H,3-4H2,1-2H3;1H3/p+1. The highest BCUT2D eigenvalue weighted by molar-refractivity contribution is 4.76. The molecule has 5 heteroatoms. The second kappa shape index (κ2) is 11.9. The molecular formula is C13H36N5+. The monoisotopic (exact) mass is 262 g/mol. The van der Waals surface area contributed by atoms with Gasteiger partial charge in [0.1, 0.15) is 0 Å². The average Bonchev–Trinajstić information content (AvgIpc) is 2.30. The Morgan fingerprint density at radius 3 is 1.78 bits per heavy atom. The highest BCUT2D eigenvalue weighted by Gasteiger charge is 2.10. The molecule has 5 nitrogen and oxygen atoms in total. The van der Waals surface area contributed by atoms with Gasteiger partial charge < -0.3 is 28.3 Å². The van der Waals surface area contributed by atoms with Gasteiger partial charge in [0.25, 0.3) is 0 Å². The molecule has 0 aromatic rings. The zero-order valence-corrected chi connectivity index (χ0v) is 13.0. The molecule has 4 atom stereocenters. The van der Waals surface area contributed by atoms with Gasteiger partial charge in [-0.1, -0.05) is 6.92 Å². The van der Waals surface area contributed by atoms with E-state index in [0.717, 1.165) is 32.5 Å². The van der Waals surface area contributed by atoms with Crippen molar-refractivity contribution in [1.82, 2.24) is 16.8 Å². The summed E-state index contributed by atoms with van der Waals surface area (Å²) in [5, 5.41) is 6.74. The summed E-state index contributed by atoms with van der Waals surface area (Å²) in [6.07, 6.45) is 2.26. The molecule has 0 spiro atoms. The van der Waals surface area contributed by atoms with Crippen LogP contribution in [0.3, 0.4) is 0 Å². The van der Waals surface area contributed by atoms with E-state index in [9.17, 15) is 0 Å². The van der Waals surface area contributed by atoms with Crippen molar-refractivity contribution < 1.29 is 0 Å². The Kier molecular flexibility index (Phi) is 13.3. The maximum Gasteiger partial charge on any atom is 0.0164 e. The lowest BCUT2D eigenvalue weighted by molar-refractivity contribution is 0.376. The smallest absolute Gasteiger partial charge is 0.0164 e. The topological polar surface area (TPSA) is 113 Å². The van der Waals surface area contributed by atoms with Crippen LogP contribution in [0.15, 0.2) is 0 Å². The van der Waals surface area contributed by atoms with Gasteiger partial charge in [-0.2, -0.15) is 0 Å². The maximum absolute atomic E-state index is 5.55. The molecule has 1 rings (SSSR count). The summed E-state index contributed by atoms with van der Waals surface area (Å²) in [7, 11) is 0.